The Balaban J connectivity index is 0.000000742. The van der Waals surface area contributed by atoms with Gasteiger partial charge in [-0.05, 0) is 274 Å². The molecule has 0 aliphatic heterocycles. The molecule has 6 aromatic carbocycles. The van der Waals surface area contributed by atoms with Crippen LogP contribution in [-0.2, 0) is 48.0 Å². The van der Waals surface area contributed by atoms with Crippen LogP contribution < -0.4 is 28.4 Å². The van der Waals surface area contributed by atoms with E-state index in [4.69, 9.17) is 76.9 Å². The van der Waals surface area contributed by atoms with Crippen LogP contribution in [0.1, 0.15) is 362 Å². The van der Waals surface area contributed by atoms with Gasteiger partial charge in [0.05, 0.1) is 57.0 Å². The Kier molecular flexibility index (Phi) is 59.8. The van der Waals surface area contributed by atoms with Crippen LogP contribution in [0.25, 0.3) is 0 Å². The lowest BCUT2D eigenvalue weighted by molar-refractivity contribution is -0.156. The lowest BCUT2D eigenvalue weighted by atomic mass is 10.0. The summed E-state index contributed by atoms with van der Waals surface area (Å²) in [4.78, 5) is 33.9. The van der Waals surface area contributed by atoms with Crippen LogP contribution in [0.5, 0.6) is 34.5 Å². The highest BCUT2D eigenvalue weighted by molar-refractivity contribution is 7.90. The number of carbonyl (C=O) groups excluding carboxylic acids is 3. The average molecular weight is 1810 g/mol. The third-order valence-corrected chi connectivity index (χ3v) is 21.7. The number of unbranched alkanes of at least 4 members (excludes halogenated alkanes) is 14. The smallest absolute Gasteiger partial charge is 0.306 e. The summed E-state index contributed by atoms with van der Waals surface area (Å²) in [5.74, 6) is 8.65. The van der Waals surface area contributed by atoms with Gasteiger partial charge in [-0.3, -0.25) is 13.8 Å². The van der Waals surface area contributed by atoms with Crippen LogP contribution in [0, 0.1) is 0 Å². The van der Waals surface area contributed by atoms with Crippen LogP contribution in [0.15, 0.2) is 140 Å². The SMILES string of the molecule is CC(=O)CCCCCOc1cccc(C(C)C)c1.CC(C)c1ccc(OCCCCCCS(=O)(=O)OCC(C)(Cl)Cl)c(Cl)c1.CC(C)c1cccc(OCCCC(=O)OC(C)(C)C)c1.CC(C)c1cccc(OCCCCCC(=O)OC(C)(C)C)c1.CC(C)c1cccc(OCCCCCCS(C)(=O)=O)c1.CCCCCCCOc1cccc(C(C)C)c1. The molecule has 0 heterocycles. The number of rotatable bonds is 51. The Bertz CT molecular complexity index is 4040. The number of alkyl halides is 2. The lowest BCUT2D eigenvalue weighted by Gasteiger charge is -2.19. The lowest BCUT2D eigenvalue weighted by Crippen LogP contribution is -2.23. The number of ketones is 1. The molecular formula is C102H159Cl3O16S2. The predicted octanol–water partition coefficient (Wildman–Crippen LogP) is 28.6. The molecule has 0 aliphatic rings. The maximum absolute atomic E-state index is 11.7. The number of esters is 2. The van der Waals surface area contributed by atoms with E-state index in [1.807, 2.05) is 108 Å². The molecule has 0 bridgehead atoms. The molecule has 0 aromatic heterocycles. The monoisotopic (exact) mass is 1810 g/mol. The number of hydrogen-bond acceptors (Lipinski definition) is 16. The minimum atomic E-state index is -3.58. The molecule has 0 amide bonds. The molecule has 21 heteroatoms. The van der Waals surface area contributed by atoms with Gasteiger partial charge in [-0.1, -0.05) is 243 Å². The van der Waals surface area contributed by atoms with Crippen molar-refractivity contribution in [2.45, 2.75) is 344 Å². The van der Waals surface area contributed by atoms with Crippen molar-refractivity contribution >= 4 is 72.5 Å². The first-order valence-electron chi connectivity index (χ1n) is 45.2. The van der Waals surface area contributed by atoms with Crippen LogP contribution in [-0.4, -0.2) is 114 Å². The minimum absolute atomic E-state index is 0.0415. The summed E-state index contributed by atoms with van der Waals surface area (Å²) in [6, 6.07) is 47.1. The second kappa shape index (κ2) is 64.2. The summed E-state index contributed by atoms with van der Waals surface area (Å²) >= 11 is 17.6. The fraction of sp³-hybridized carbons (Fsp3) is 0.618. The Labute approximate surface area is 761 Å². The van der Waals surface area contributed by atoms with E-state index in [1.165, 1.54) is 78.7 Å². The predicted molar refractivity (Wildman–Crippen MR) is 515 cm³/mol. The maximum Gasteiger partial charge on any atom is 0.306 e. The number of benzene rings is 6. The maximum atomic E-state index is 11.7. The van der Waals surface area contributed by atoms with E-state index in [-0.39, 0.29) is 35.7 Å². The van der Waals surface area contributed by atoms with Crippen molar-refractivity contribution < 1.29 is 73.3 Å². The summed E-state index contributed by atoms with van der Waals surface area (Å²) in [6.07, 6.45) is 22.5. The second-order valence-corrected chi connectivity index (χ2v) is 41.9. The van der Waals surface area contributed by atoms with Crippen LogP contribution >= 0.6 is 34.8 Å². The van der Waals surface area contributed by atoms with E-state index in [0.717, 1.165) is 125 Å². The second-order valence-electron chi connectivity index (χ2n) is 35.6. The normalized spacial score (nSPS) is 11.6. The zero-order valence-electron chi connectivity index (χ0n) is 79.4. The van der Waals surface area contributed by atoms with Crippen molar-refractivity contribution in [1.82, 2.24) is 0 Å². The molecule has 0 radical (unpaired) electrons. The fourth-order valence-corrected chi connectivity index (χ4v) is 14.0. The summed E-state index contributed by atoms with van der Waals surface area (Å²) in [5.41, 5.74) is 6.88. The first kappa shape index (κ1) is 114. The first-order chi connectivity index (χ1) is 57.8. The van der Waals surface area contributed by atoms with Gasteiger partial charge < -0.3 is 42.7 Å². The number of halogens is 3. The molecule has 6 rings (SSSR count). The van der Waals surface area contributed by atoms with Crippen molar-refractivity contribution in [3.05, 3.63) is 178 Å². The highest BCUT2D eigenvalue weighted by Crippen LogP contribution is 2.31. The van der Waals surface area contributed by atoms with Crippen molar-refractivity contribution in [2.24, 2.45) is 0 Å². The summed E-state index contributed by atoms with van der Waals surface area (Å²) in [5, 5.41) is 0.616. The van der Waals surface area contributed by atoms with Crippen LogP contribution in [0.2, 0.25) is 5.02 Å². The van der Waals surface area contributed by atoms with E-state index < -0.39 is 29.9 Å². The van der Waals surface area contributed by atoms with E-state index >= 15 is 0 Å². The Morgan fingerprint density at radius 2 is 0.634 bits per heavy atom. The molecule has 0 spiro atoms. The molecule has 0 N–H and O–H groups in total. The van der Waals surface area contributed by atoms with Gasteiger partial charge in [-0.2, -0.15) is 8.42 Å². The van der Waals surface area contributed by atoms with Gasteiger partial charge in [0, 0.05) is 31.3 Å². The largest absolute Gasteiger partial charge is 0.494 e. The zero-order valence-corrected chi connectivity index (χ0v) is 83.3. The van der Waals surface area contributed by atoms with Gasteiger partial charge in [0.1, 0.15) is 65.7 Å². The molecule has 0 atom stereocenters. The van der Waals surface area contributed by atoms with Gasteiger partial charge in [0.2, 0.25) is 0 Å². The minimum Gasteiger partial charge on any atom is -0.494 e. The van der Waals surface area contributed by atoms with E-state index in [2.05, 4.69) is 163 Å². The summed E-state index contributed by atoms with van der Waals surface area (Å²) < 4.78 is 93.8. The van der Waals surface area contributed by atoms with Crippen molar-refractivity contribution in [3.63, 3.8) is 0 Å². The average Bonchev–Trinajstić information content (AvgIpc) is 0.868. The van der Waals surface area contributed by atoms with E-state index in [1.54, 1.807) is 6.92 Å². The van der Waals surface area contributed by atoms with Gasteiger partial charge in [0.15, 0.2) is 0 Å². The number of sulfone groups is 1. The Morgan fingerprint density at radius 1 is 0.350 bits per heavy atom. The molecule has 123 heavy (non-hydrogen) atoms. The van der Waals surface area contributed by atoms with Crippen LogP contribution in [0.4, 0.5) is 0 Å². The fourth-order valence-electron chi connectivity index (χ4n) is 11.7. The number of Topliss-reactive ketones (excluding diaryl/α,β-unsaturated/α-hetero) is 1. The summed E-state index contributed by atoms with van der Waals surface area (Å²) in [6.45, 7) is 46.5. The molecule has 0 fully saturated rings. The third-order valence-electron chi connectivity index (χ3n) is 18.8. The molecule has 6 aromatic rings. The van der Waals surface area contributed by atoms with E-state index in [9.17, 15) is 31.2 Å². The Morgan fingerprint density at radius 3 is 0.935 bits per heavy atom. The standard InChI is InChI=1S/C19H30O3.C18H27Cl3O4S.C17H26O3.C16H26O3S.C16H24O2.C16H26O/c1-15(2)16-10-9-11-17(14-16)21-13-8-6-7-12-18(20)22-19(3,4)5;1-14(2)15-8-9-17(16(19)12-15)24-10-6-4-5-7-11-26(22,23)25-13-18(3,20)21;1-13(2)14-8-6-9-15(12-14)19-11-7-10-16(18)20-17(3,4)5;1-14(2)15-9-8-10-16(13-15)19-11-6-4-5-7-12-20(3,17)18;1-13(2)15-9-7-10-16(12-15)18-11-6-4-5-8-14(3)17;1-4-5-6-7-8-12-17-16-11-9-10-15(13-16)14(2)3/h9-11,14-15H,6-8,12-13H2,1-5H3;8-9,12,14H,4-7,10-11,13H2,1-3H3;6,8-9,12-13H,7,10-11H2,1-5H3;8-10,13-14H,4-7,11-12H2,1-3H3;7,9-10,12-13H,4-6,8,11H2,1-3H3;9-11,13-14H,4-8,12H2,1-3H3. The van der Waals surface area contributed by atoms with Crippen LogP contribution in [0.3, 0.4) is 0 Å². The zero-order chi connectivity index (χ0) is 92.5. The first-order valence-corrected chi connectivity index (χ1v) is 50.0. The molecule has 16 nitrogen and oxygen atoms in total. The van der Waals surface area contributed by atoms with Crippen molar-refractivity contribution in [1.29, 1.82) is 0 Å². The van der Waals surface area contributed by atoms with Crippen molar-refractivity contribution in [3.8, 4) is 34.5 Å². The van der Waals surface area contributed by atoms with Gasteiger partial charge in [-0.25, -0.2) is 8.42 Å². The molecule has 0 saturated carbocycles. The Hall–Kier alpha value is -6.54. The topological polar surface area (TPSA) is 203 Å². The molecule has 0 saturated heterocycles. The summed E-state index contributed by atoms with van der Waals surface area (Å²) in [7, 11) is -6.39. The number of carbonyl (C=O) groups is 3. The molecule has 696 valence electrons. The number of hydrogen-bond donors (Lipinski definition) is 0. The van der Waals surface area contributed by atoms with Gasteiger partial charge >= 0.3 is 11.9 Å². The molecule has 0 unspecified atom stereocenters. The quantitative estimate of drug-likeness (QED) is 0.0151. The highest BCUT2D eigenvalue weighted by atomic mass is 35.5. The van der Waals surface area contributed by atoms with Gasteiger partial charge in [0.25, 0.3) is 10.1 Å². The van der Waals surface area contributed by atoms with Gasteiger partial charge in [-0.15, -0.1) is 0 Å². The highest BCUT2D eigenvalue weighted by Gasteiger charge is 2.23. The van der Waals surface area contributed by atoms with Crippen molar-refractivity contribution in [2.75, 3.05) is 64.0 Å². The van der Waals surface area contributed by atoms with E-state index in [0.29, 0.717) is 111 Å². The molecular weight excluding hydrogens is 1650 g/mol. The number of ether oxygens (including phenoxy) is 8. The molecule has 0 aliphatic carbocycles. The third kappa shape index (κ3) is 63.9.